The van der Waals surface area contributed by atoms with Crippen molar-refractivity contribution in [2.45, 2.75) is 6.42 Å². The van der Waals surface area contributed by atoms with E-state index in [1.54, 1.807) is 18.5 Å². The average molecular weight is 324 g/mol. The van der Waals surface area contributed by atoms with E-state index in [4.69, 9.17) is 4.74 Å². The van der Waals surface area contributed by atoms with Crippen LogP contribution in [0, 0.1) is 5.82 Å². The van der Waals surface area contributed by atoms with E-state index >= 15 is 0 Å². The number of ketones is 1. The van der Waals surface area contributed by atoms with Gasteiger partial charge in [-0.2, -0.15) is 0 Å². The molecular formula is C14H11BrFNO2. The highest BCUT2D eigenvalue weighted by Crippen LogP contribution is 2.19. The third-order valence-corrected chi connectivity index (χ3v) is 3.03. The first kappa shape index (κ1) is 13.7. The molecule has 0 fully saturated rings. The molecule has 0 spiro atoms. The van der Waals surface area contributed by atoms with Crippen molar-refractivity contribution in [1.29, 1.82) is 0 Å². The predicted octanol–water partition coefficient (Wildman–Crippen LogP) is 3.42. The fourth-order valence-electron chi connectivity index (χ4n) is 1.68. The number of halogens is 2. The van der Waals surface area contributed by atoms with Crippen molar-refractivity contribution in [3.8, 4) is 5.75 Å². The van der Waals surface area contributed by atoms with Crippen molar-refractivity contribution in [1.82, 2.24) is 4.98 Å². The number of hydrogen-bond acceptors (Lipinski definition) is 3. The second-order valence-electron chi connectivity index (χ2n) is 3.96. The fraction of sp³-hybridized carbons (Fsp3) is 0.143. The van der Waals surface area contributed by atoms with Crippen LogP contribution in [0.15, 0.2) is 41.1 Å². The van der Waals surface area contributed by atoms with Crippen LogP contribution in [0.1, 0.15) is 15.9 Å². The van der Waals surface area contributed by atoms with Gasteiger partial charge < -0.3 is 4.74 Å². The number of carbonyl (C=O) groups is 1. The van der Waals surface area contributed by atoms with Gasteiger partial charge in [-0.15, -0.1) is 0 Å². The Morgan fingerprint density at radius 1 is 1.37 bits per heavy atom. The van der Waals surface area contributed by atoms with Gasteiger partial charge >= 0.3 is 0 Å². The number of hydrogen-bond donors (Lipinski definition) is 0. The molecule has 2 rings (SSSR count). The van der Waals surface area contributed by atoms with Crippen LogP contribution in [-0.2, 0) is 6.42 Å². The highest BCUT2D eigenvalue weighted by atomic mass is 79.9. The van der Waals surface area contributed by atoms with Crippen LogP contribution in [0.3, 0.4) is 0 Å². The topological polar surface area (TPSA) is 39.2 Å². The number of aromatic nitrogens is 1. The summed E-state index contributed by atoms with van der Waals surface area (Å²) in [6, 6.07) is 5.99. The van der Waals surface area contributed by atoms with Gasteiger partial charge in [0, 0.05) is 28.9 Å². The number of carbonyl (C=O) groups excluding carboxylic acids is 1. The molecule has 0 unspecified atom stereocenters. The second kappa shape index (κ2) is 5.93. The van der Waals surface area contributed by atoms with Crippen molar-refractivity contribution in [3.63, 3.8) is 0 Å². The van der Waals surface area contributed by atoms with Crippen LogP contribution in [0.25, 0.3) is 0 Å². The number of pyridine rings is 1. The number of rotatable bonds is 4. The monoisotopic (exact) mass is 323 g/mol. The number of ether oxygens (including phenoxy) is 1. The van der Waals surface area contributed by atoms with Crippen molar-refractivity contribution in [2.24, 2.45) is 0 Å². The molecule has 1 heterocycles. The van der Waals surface area contributed by atoms with E-state index in [0.717, 1.165) is 10.0 Å². The fourth-order valence-corrected chi connectivity index (χ4v) is 2.09. The molecule has 0 amide bonds. The van der Waals surface area contributed by atoms with Gasteiger partial charge in [-0.25, -0.2) is 4.39 Å². The molecule has 0 saturated heterocycles. The number of methoxy groups -OCH3 is 1. The maximum Gasteiger partial charge on any atom is 0.167 e. The largest absolute Gasteiger partial charge is 0.494 e. The normalized spacial score (nSPS) is 10.3. The summed E-state index contributed by atoms with van der Waals surface area (Å²) in [5.41, 5.74) is 1.09. The molecule has 0 aliphatic rings. The zero-order valence-corrected chi connectivity index (χ0v) is 11.8. The summed E-state index contributed by atoms with van der Waals surface area (Å²) >= 11 is 3.29. The van der Waals surface area contributed by atoms with E-state index in [0.29, 0.717) is 5.56 Å². The Kier molecular flexibility index (Phi) is 4.27. The lowest BCUT2D eigenvalue weighted by molar-refractivity contribution is 0.0992. The van der Waals surface area contributed by atoms with Crippen molar-refractivity contribution >= 4 is 21.7 Å². The highest BCUT2D eigenvalue weighted by Gasteiger charge is 2.11. The molecule has 5 heteroatoms. The van der Waals surface area contributed by atoms with E-state index in [1.165, 1.54) is 19.2 Å². The summed E-state index contributed by atoms with van der Waals surface area (Å²) in [5, 5.41) is 0. The first-order valence-corrected chi connectivity index (χ1v) is 6.35. The molecule has 2 aromatic rings. The minimum Gasteiger partial charge on any atom is -0.494 e. The number of benzene rings is 1. The molecule has 0 atom stereocenters. The molecule has 0 aliphatic heterocycles. The van der Waals surface area contributed by atoms with E-state index < -0.39 is 5.82 Å². The molecule has 19 heavy (non-hydrogen) atoms. The van der Waals surface area contributed by atoms with Gasteiger partial charge in [0.25, 0.3) is 0 Å². The minimum atomic E-state index is -0.541. The Morgan fingerprint density at radius 2 is 2.16 bits per heavy atom. The maximum absolute atomic E-state index is 13.5. The molecule has 0 aliphatic carbocycles. The van der Waals surface area contributed by atoms with E-state index in [1.807, 2.05) is 6.07 Å². The van der Waals surface area contributed by atoms with E-state index in [2.05, 4.69) is 20.9 Å². The van der Waals surface area contributed by atoms with Gasteiger partial charge in [0.2, 0.25) is 0 Å². The second-order valence-corrected chi connectivity index (χ2v) is 4.88. The van der Waals surface area contributed by atoms with Crippen molar-refractivity contribution in [3.05, 3.63) is 58.1 Å². The molecule has 1 aromatic carbocycles. The van der Waals surface area contributed by atoms with Crippen LogP contribution in [0.5, 0.6) is 5.75 Å². The molecule has 0 bridgehead atoms. The Hall–Kier alpha value is -1.75. The Bertz CT molecular complexity index is 616. The molecule has 1 aromatic heterocycles. The van der Waals surface area contributed by atoms with Gasteiger partial charge in [0.05, 0.1) is 7.11 Å². The third kappa shape index (κ3) is 3.38. The third-order valence-electron chi connectivity index (χ3n) is 2.60. The minimum absolute atomic E-state index is 0.126. The van der Waals surface area contributed by atoms with Gasteiger partial charge in [-0.3, -0.25) is 9.78 Å². The maximum atomic E-state index is 13.5. The smallest absolute Gasteiger partial charge is 0.167 e. The van der Waals surface area contributed by atoms with Gasteiger partial charge in [0.15, 0.2) is 17.3 Å². The summed E-state index contributed by atoms with van der Waals surface area (Å²) in [5.74, 6) is -0.581. The van der Waals surface area contributed by atoms with Crippen LogP contribution in [-0.4, -0.2) is 17.9 Å². The van der Waals surface area contributed by atoms with Gasteiger partial charge in [0.1, 0.15) is 0 Å². The standard InChI is InChI=1S/C14H11BrFNO2/c1-19-14-3-2-10(6-12(14)16)13(18)5-9-4-11(15)8-17-7-9/h2-4,6-8H,5H2,1H3. The van der Waals surface area contributed by atoms with Crippen LogP contribution in [0.2, 0.25) is 0 Å². The highest BCUT2D eigenvalue weighted by molar-refractivity contribution is 9.10. The lowest BCUT2D eigenvalue weighted by Crippen LogP contribution is -2.04. The van der Waals surface area contributed by atoms with Gasteiger partial charge in [-0.1, -0.05) is 0 Å². The summed E-state index contributed by atoms with van der Waals surface area (Å²) in [6.07, 6.45) is 3.43. The Balaban J connectivity index is 2.18. The summed E-state index contributed by atoms with van der Waals surface area (Å²) in [4.78, 5) is 16.0. The molecule has 0 radical (unpaired) electrons. The summed E-state index contributed by atoms with van der Waals surface area (Å²) in [7, 11) is 1.38. The molecular weight excluding hydrogens is 313 g/mol. The predicted molar refractivity (Wildman–Crippen MR) is 72.9 cm³/mol. The van der Waals surface area contributed by atoms with Crippen LogP contribution >= 0.6 is 15.9 Å². The molecule has 0 N–H and O–H groups in total. The number of Topliss-reactive ketones (excluding diaryl/α,β-unsaturated/α-hetero) is 1. The SMILES string of the molecule is COc1ccc(C(=O)Cc2cncc(Br)c2)cc1F. The van der Waals surface area contributed by atoms with Crippen LogP contribution < -0.4 is 4.74 Å². The van der Waals surface area contributed by atoms with Crippen molar-refractivity contribution in [2.75, 3.05) is 7.11 Å². The average Bonchev–Trinajstić information content (AvgIpc) is 2.38. The summed E-state index contributed by atoms with van der Waals surface area (Å²) in [6.45, 7) is 0. The van der Waals surface area contributed by atoms with Gasteiger partial charge in [-0.05, 0) is 45.8 Å². The Labute approximate surface area is 118 Å². The zero-order valence-electron chi connectivity index (χ0n) is 10.2. The number of nitrogens with zero attached hydrogens (tertiary/aromatic N) is 1. The van der Waals surface area contributed by atoms with Crippen LogP contribution in [0.4, 0.5) is 4.39 Å². The van der Waals surface area contributed by atoms with Crippen molar-refractivity contribution < 1.29 is 13.9 Å². The lowest BCUT2D eigenvalue weighted by atomic mass is 10.0. The summed E-state index contributed by atoms with van der Waals surface area (Å²) < 4.78 is 19.1. The zero-order chi connectivity index (χ0) is 13.8. The molecule has 3 nitrogen and oxygen atoms in total. The first-order chi connectivity index (χ1) is 9.10. The molecule has 98 valence electrons. The van der Waals surface area contributed by atoms with E-state index in [9.17, 15) is 9.18 Å². The quantitative estimate of drug-likeness (QED) is 0.809. The molecule has 0 saturated carbocycles. The van der Waals surface area contributed by atoms with E-state index in [-0.39, 0.29) is 18.0 Å². The Morgan fingerprint density at radius 3 is 2.79 bits per heavy atom. The first-order valence-electron chi connectivity index (χ1n) is 5.56. The lowest BCUT2D eigenvalue weighted by Gasteiger charge is -2.05.